The molecular formula is C13H14F2N4. The number of nitrogens with zero attached hydrogens (tertiary/aromatic N) is 2. The summed E-state index contributed by atoms with van der Waals surface area (Å²) in [6.45, 7) is 4.50. The lowest BCUT2D eigenvalue weighted by molar-refractivity contribution is 0.586. The zero-order valence-corrected chi connectivity index (χ0v) is 10.7. The van der Waals surface area contributed by atoms with Gasteiger partial charge in [-0.05, 0) is 26.0 Å². The van der Waals surface area contributed by atoms with E-state index in [4.69, 9.17) is 0 Å². The van der Waals surface area contributed by atoms with Crippen LogP contribution in [0.15, 0.2) is 24.5 Å². The third-order valence-corrected chi connectivity index (χ3v) is 2.61. The van der Waals surface area contributed by atoms with Gasteiger partial charge in [-0.25, -0.2) is 18.7 Å². The van der Waals surface area contributed by atoms with Crippen molar-refractivity contribution in [2.24, 2.45) is 0 Å². The number of benzene rings is 1. The van der Waals surface area contributed by atoms with Gasteiger partial charge in [0.05, 0.1) is 5.69 Å². The molecule has 0 aliphatic heterocycles. The molecule has 0 amide bonds. The maximum absolute atomic E-state index is 13.6. The minimum absolute atomic E-state index is 0.172. The summed E-state index contributed by atoms with van der Waals surface area (Å²) in [5, 5.41) is 5.91. The molecule has 0 fully saturated rings. The van der Waals surface area contributed by atoms with E-state index >= 15 is 0 Å². The van der Waals surface area contributed by atoms with Crippen molar-refractivity contribution < 1.29 is 8.78 Å². The Kier molecular flexibility index (Phi) is 3.89. The van der Waals surface area contributed by atoms with Crippen LogP contribution in [0.2, 0.25) is 0 Å². The monoisotopic (exact) mass is 264 g/mol. The van der Waals surface area contributed by atoms with Crippen LogP contribution in [0.5, 0.6) is 0 Å². The predicted molar refractivity (Wildman–Crippen MR) is 70.6 cm³/mol. The van der Waals surface area contributed by atoms with E-state index < -0.39 is 11.6 Å². The van der Waals surface area contributed by atoms with Gasteiger partial charge in [-0.2, -0.15) is 0 Å². The summed E-state index contributed by atoms with van der Waals surface area (Å²) in [7, 11) is 0. The minimum atomic E-state index is -0.664. The second-order valence-electron chi connectivity index (χ2n) is 3.98. The van der Waals surface area contributed by atoms with Crippen molar-refractivity contribution in [3.63, 3.8) is 0 Å². The molecule has 2 N–H and O–H groups in total. The Bertz CT molecular complexity index is 587. The van der Waals surface area contributed by atoms with E-state index in [1.54, 1.807) is 0 Å². The van der Waals surface area contributed by atoms with E-state index in [1.165, 1.54) is 18.5 Å². The average molecular weight is 264 g/mol. The molecule has 19 heavy (non-hydrogen) atoms. The highest BCUT2D eigenvalue weighted by molar-refractivity contribution is 5.64. The van der Waals surface area contributed by atoms with Crippen LogP contribution in [0.1, 0.15) is 12.5 Å². The zero-order chi connectivity index (χ0) is 13.8. The fraction of sp³-hybridized carbons (Fsp3) is 0.231. The highest BCUT2D eigenvalue weighted by Gasteiger charge is 2.09. The number of nitrogens with one attached hydrogen (secondary N) is 2. The molecule has 1 heterocycles. The standard InChI is InChI=1S/C13H14F2N4/c1-3-16-12-8(2)13(18-7-17-12)19-11-5-4-9(14)6-10(11)15/h4-7H,3H2,1-2H3,(H2,16,17,18,19). The molecular weight excluding hydrogens is 250 g/mol. The number of rotatable bonds is 4. The molecule has 4 nitrogen and oxygen atoms in total. The van der Waals surface area contributed by atoms with Gasteiger partial charge in [0.1, 0.15) is 29.6 Å². The van der Waals surface area contributed by atoms with E-state index in [0.717, 1.165) is 18.2 Å². The van der Waals surface area contributed by atoms with E-state index in [0.29, 0.717) is 11.6 Å². The number of halogens is 2. The summed E-state index contributed by atoms with van der Waals surface area (Å²) in [5.41, 5.74) is 0.943. The molecule has 2 aromatic rings. The molecule has 0 radical (unpaired) electrons. The van der Waals surface area contributed by atoms with Crippen LogP contribution in [0, 0.1) is 18.6 Å². The van der Waals surface area contributed by atoms with Crippen molar-refractivity contribution in [1.82, 2.24) is 9.97 Å². The first kappa shape index (κ1) is 13.2. The van der Waals surface area contributed by atoms with Crippen molar-refractivity contribution in [3.05, 3.63) is 41.7 Å². The van der Waals surface area contributed by atoms with Gasteiger partial charge < -0.3 is 10.6 Å². The fourth-order valence-corrected chi connectivity index (χ4v) is 1.64. The Balaban J connectivity index is 2.30. The van der Waals surface area contributed by atoms with Crippen LogP contribution in [0.3, 0.4) is 0 Å². The van der Waals surface area contributed by atoms with Crippen LogP contribution in [0.25, 0.3) is 0 Å². The Labute approximate surface area is 109 Å². The van der Waals surface area contributed by atoms with Crippen LogP contribution in [-0.2, 0) is 0 Å². The summed E-state index contributed by atoms with van der Waals surface area (Å²) < 4.78 is 26.4. The van der Waals surface area contributed by atoms with Crippen molar-refractivity contribution in [3.8, 4) is 0 Å². The molecule has 1 aromatic heterocycles. The Morgan fingerprint density at radius 2 is 1.89 bits per heavy atom. The molecule has 6 heteroatoms. The lowest BCUT2D eigenvalue weighted by Gasteiger charge is -2.12. The fourth-order valence-electron chi connectivity index (χ4n) is 1.64. The lowest BCUT2D eigenvalue weighted by atomic mass is 10.2. The number of hydrogen-bond donors (Lipinski definition) is 2. The summed E-state index contributed by atoms with van der Waals surface area (Å²) in [6, 6.07) is 3.34. The van der Waals surface area contributed by atoms with Gasteiger partial charge >= 0.3 is 0 Å². The van der Waals surface area contributed by atoms with Gasteiger partial charge in [-0.1, -0.05) is 0 Å². The number of hydrogen-bond acceptors (Lipinski definition) is 4. The lowest BCUT2D eigenvalue weighted by Crippen LogP contribution is -2.06. The molecule has 0 aliphatic carbocycles. The van der Waals surface area contributed by atoms with Gasteiger partial charge in [0.15, 0.2) is 0 Å². The molecule has 0 aliphatic rings. The topological polar surface area (TPSA) is 49.8 Å². The van der Waals surface area contributed by atoms with Crippen LogP contribution >= 0.6 is 0 Å². The molecule has 0 atom stereocenters. The Morgan fingerprint density at radius 1 is 1.16 bits per heavy atom. The second kappa shape index (κ2) is 5.60. The third kappa shape index (κ3) is 2.96. The number of anilines is 3. The first-order valence-electron chi connectivity index (χ1n) is 5.89. The number of aromatic nitrogens is 2. The smallest absolute Gasteiger partial charge is 0.149 e. The molecule has 0 saturated heterocycles. The first-order chi connectivity index (χ1) is 9.11. The van der Waals surface area contributed by atoms with Crippen LogP contribution in [-0.4, -0.2) is 16.5 Å². The molecule has 0 spiro atoms. The largest absolute Gasteiger partial charge is 0.370 e. The summed E-state index contributed by atoms with van der Waals surface area (Å²) in [5.74, 6) is -0.113. The second-order valence-corrected chi connectivity index (χ2v) is 3.98. The summed E-state index contributed by atoms with van der Waals surface area (Å²) in [6.07, 6.45) is 1.38. The van der Waals surface area contributed by atoms with E-state index in [2.05, 4.69) is 20.6 Å². The Hall–Kier alpha value is -2.24. The maximum Gasteiger partial charge on any atom is 0.149 e. The van der Waals surface area contributed by atoms with Crippen molar-refractivity contribution in [1.29, 1.82) is 0 Å². The third-order valence-electron chi connectivity index (χ3n) is 2.61. The molecule has 2 rings (SSSR count). The van der Waals surface area contributed by atoms with E-state index in [-0.39, 0.29) is 5.69 Å². The Morgan fingerprint density at radius 3 is 2.58 bits per heavy atom. The van der Waals surface area contributed by atoms with Gasteiger partial charge in [0.25, 0.3) is 0 Å². The van der Waals surface area contributed by atoms with Crippen LogP contribution < -0.4 is 10.6 Å². The average Bonchev–Trinajstić information content (AvgIpc) is 2.37. The van der Waals surface area contributed by atoms with E-state index in [9.17, 15) is 8.78 Å². The highest BCUT2D eigenvalue weighted by atomic mass is 19.1. The van der Waals surface area contributed by atoms with Gasteiger partial charge in [-0.3, -0.25) is 0 Å². The molecule has 100 valence electrons. The van der Waals surface area contributed by atoms with Crippen LogP contribution in [0.4, 0.5) is 26.1 Å². The van der Waals surface area contributed by atoms with Gasteiger partial charge in [-0.15, -0.1) is 0 Å². The normalized spacial score (nSPS) is 10.3. The molecule has 1 aromatic carbocycles. The van der Waals surface area contributed by atoms with Gasteiger partial charge in [0, 0.05) is 18.2 Å². The SMILES string of the molecule is CCNc1ncnc(Nc2ccc(F)cc2F)c1C. The summed E-state index contributed by atoms with van der Waals surface area (Å²) in [4.78, 5) is 8.15. The predicted octanol–water partition coefficient (Wildman–Crippen LogP) is 3.24. The maximum atomic E-state index is 13.6. The van der Waals surface area contributed by atoms with E-state index in [1.807, 2.05) is 13.8 Å². The molecule has 0 bridgehead atoms. The van der Waals surface area contributed by atoms with Crippen molar-refractivity contribution in [2.75, 3.05) is 17.2 Å². The quantitative estimate of drug-likeness (QED) is 0.890. The zero-order valence-electron chi connectivity index (χ0n) is 10.7. The summed E-state index contributed by atoms with van der Waals surface area (Å²) >= 11 is 0. The molecule has 0 unspecified atom stereocenters. The van der Waals surface area contributed by atoms with Crippen molar-refractivity contribution >= 4 is 17.3 Å². The van der Waals surface area contributed by atoms with Crippen molar-refractivity contribution in [2.45, 2.75) is 13.8 Å². The van der Waals surface area contributed by atoms with Gasteiger partial charge in [0.2, 0.25) is 0 Å². The molecule has 0 saturated carbocycles. The highest BCUT2D eigenvalue weighted by Crippen LogP contribution is 2.24. The first-order valence-corrected chi connectivity index (χ1v) is 5.89. The minimum Gasteiger partial charge on any atom is -0.370 e.